The van der Waals surface area contributed by atoms with Crippen molar-refractivity contribution >= 4 is 0 Å². The van der Waals surface area contributed by atoms with Crippen molar-refractivity contribution in [2.24, 2.45) is 0 Å². The first-order valence-electron chi connectivity index (χ1n) is 9.93. The Bertz CT molecular complexity index is 767. The lowest BCUT2D eigenvalue weighted by molar-refractivity contribution is 0.576. The van der Waals surface area contributed by atoms with E-state index in [4.69, 9.17) is 0 Å². The molecular weight excluding hydrogens is 312 g/mol. The van der Waals surface area contributed by atoms with Crippen LogP contribution in [0.1, 0.15) is 53.5 Å². The molecule has 0 N–H and O–H groups in total. The van der Waals surface area contributed by atoms with Crippen LogP contribution in [0.3, 0.4) is 0 Å². The van der Waals surface area contributed by atoms with E-state index in [1.165, 1.54) is 40.7 Å². The molecule has 0 saturated carbocycles. The first-order valence-corrected chi connectivity index (χ1v) is 9.93. The number of rotatable bonds is 8. The lowest BCUT2D eigenvalue weighted by Gasteiger charge is -2.18. The molecule has 26 heavy (non-hydrogen) atoms. The molecule has 0 aliphatic carbocycles. The van der Waals surface area contributed by atoms with E-state index in [-0.39, 0.29) is 0 Å². The molecule has 0 heteroatoms. The van der Waals surface area contributed by atoms with Gasteiger partial charge in [0.1, 0.15) is 0 Å². The Morgan fingerprint density at radius 1 is 0.615 bits per heavy atom. The molecule has 0 amide bonds. The van der Waals surface area contributed by atoms with Crippen molar-refractivity contribution < 1.29 is 0 Å². The van der Waals surface area contributed by atoms with E-state index < -0.39 is 0 Å². The van der Waals surface area contributed by atoms with E-state index in [9.17, 15) is 0 Å². The van der Waals surface area contributed by atoms with Crippen molar-refractivity contribution in [3.8, 4) is 0 Å². The highest BCUT2D eigenvalue weighted by Crippen LogP contribution is 2.27. The molecule has 134 valence electrons. The predicted molar refractivity (Wildman–Crippen MR) is 113 cm³/mol. The first kappa shape index (κ1) is 18.5. The van der Waals surface area contributed by atoms with Crippen LogP contribution in [0.4, 0.5) is 0 Å². The normalized spacial score (nSPS) is 12.1. The summed E-state index contributed by atoms with van der Waals surface area (Å²) >= 11 is 0. The summed E-state index contributed by atoms with van der Waals surface area (Å²) in [5.41, 5.74) is 7.15. The van der Waals surface area contributed by atoms with E-state index in [0.29, 0.717) is 5.92 Å². The van der Waals surface area contributed by atoms with E-state index in [1.807, 2.05) is 0 Å². The monoisotopic (exact) mass is 342 g/mol. The standard InChI is InChI=1S/C26H30/c1-3-22-13-17-25(18-14-22)26(19-15-23-7-5-4-6-8-23)20-16-24-11-9-21(2)10-12-24/h4-14,17-18,26H,3,15-16,19-20H2,1-2H3. The third-order valence-electron chi connectivity index (χ3n) is 5.39. The van der Waals surface area contributed by atoms with Crippen LogP contribution >= 0.6 is 0 Å². The number of benzene rings is 3. The summed E-state index contributed by atoms with van der Waals surface area (Å²) in [6.07, 6.45) is 5.82. The Labute approximate surface area is 158 Å². The van der Waals surface area contributed by atoms with Crippen LogP contribution < -0.4 is 0 Å². The maximum absolute atomic E-state index is 2.35. The van der Waals surface area contributed by atoms with Crippen LogP contribution in [0.2, 0.25) is 0 Å². The lowest BCUT2D eigenvalue weighted by atomic mass is 9.87. The zero-order valence-corrected chi connectivity index (χ0v) is 16.1. The molecule has 0 spiro atoms. The molecule has 3 rings (SSSR count). The molecule has 3 aromatic carbocycles. The molecule has 0 fully saturated rings. The maximum atomic E-state index is 2.35. The summed E-state index contributed by atoms with van der Waals surface area (Å²) in [4.78, 5) is 0. The molecular formula is C26H30. The Morgan fingerprint density at radius 2 is 1.15 bits per heavy atom. The second-order valence-electron chi connectivity index (χ2n) is 7.34. The van der Waals surface area contributed by atoms with Crippen molar-refractivity contribution in [2.45, 2.75) is 51.9 Å². The van der Waals surface area contributed by atoms with Crippen LogP contribution in [0.25, 0.3) is 0 Å². The largest absolute Gasteiger partial charge is 0.0622 e. The minimum absolute atomic E-state index is 0.613. The van der Waals surface area contributed by atoms with Crippen molar-refractivity contribution in [2.75, 3.05) is 0 Å². The van der Waals surface area contributed by atoms with Crippen molar-refractivity contribution in [1.82, 2.24) is 0 Å². The van der Waals surface area contributed by atoms with E-state index in [2.05, 4.69) is 92.7 Å². The predicted octanol–water partition coefficient (Wildman–Crippen LogP) is 6.91. The van der Waals surface area contributed by atoms with Crippen LogP contribution in [0, 0.1) is 6.92 Å². The fraction of sp³-hybridized carbons (Fsp3) is 0.308. The topological polar surface area (TPSA) is 0 Å². The van der Waals surface area contributed by atoms with Gasteiger partial charge in [-0.05, 0) is 67.2 Å². The molecule has 0 radical (unpaired) electrons. The van der Waals surface area contributed by atoms with Gasteiger partial charge in [0, 0.05) is 0 Å². The zero-order valence-electron chi connectivity index (χ0n) is 16.1. The third-order valence-corrected chi connectivity index (χ3v) is 5.39. The maximum Gasteiger partial charge on any atom is -0.0156 e. The van der Waals surface area contributed by atoms with Gasteiger partial charge in [-0.15, -0.1) is 0 Å². The first-order chi connectivity index (χ1) is 12.7. The van der Waals surface area contributed by atoms with Gasteiger partial charge in [0.15, 0.2) is 0 Å². The summed E-state index contributed by atoms with van der Waals surface area (Å²) in [7, 11) is 0. The van der Waals surface area contributed by atoms with Gasteiger partial charge in [-0.3, -0.25) is 0 Å². The second kappa shape index (κ2) is 9.38. The number of aryl methyl sites for hydroxylation is 4. The van der Waals surface area contributed by atoms with Gasteiger partial charge in [-0.1, -0.05) is 91.3 Å². The Morgan fingerprint density at radius 3 is 1.73 bits per heavy atom. The third kappa shape index (κ3) is 5.33. The average molecular weight is 343 g/mol. The number of hydrogen-bond donors (Lipinski definition) is 0. The van der Waals surface area contributed by atoms with E-state index in [0.717, 1.165) is 19.3 Å². The molecule has 0 aliphatic rings. The molecule has 0 aliphatic heterocycles. The molecule has 0 aromatic heterocycles. The summed E-state index contributed by atoms with van der Waals surface area (Å²) in [6, 6.07) is 29.2. The molecule has 1 unspecified atom stereocenters. The smallest absolute Gasteiger partial charge is 0.0156 e. The zero-order chi connectivity index (χ0) is 18.2. The summed E-state index contributed by atoms with van der Waals surface area (Å²) in [5, 5.41) is 0. The van der Waals surface area contributed by atoms with Gasteiger partial charge >= 0.3 is 0 Å². The highest BCUT2D eigenvalue weighted by Gasteiger charge is 2.12. The quantitative estimate of drug-likeness (QED) is 0.417. The molecule has 0 bridgehead atoms. The van der Waals surface area contributed by atoms with Gasteiger partial charge in [0.25, 0.3) is 0 Å². The molecule has 1 atom stereocenters. The van der Waals surface area contributed by atoms with E-state index in [1.54, 1.807) is 0 Å². The van der Waals surface area contributed by atoms with Crippen molar-refractivity contribution in [3.05, 3.63) is 107 Å². The van der Waals surface area contributed by atoms with Crippen LogP contribution in [-0.2, 0) is 19.3 Å². The second-order valence-corrected chi connectivity index (χ2v) is 7.34. The molecule has 3 aromatic rings. The SMILES string of the molecule is CCc1ccc(C(CCc2ccccc2)CCc2ccc(C)cc2)cc1. The minimum Gasteiger partial charge on any atom is -0.0622 e. The van der Waals surface area contributed by atoms with Gasteiger partial charge in [-0.25, -0.2) is 0 Å². The molecule has 0 saturated heterocycles. The Hall–Kier alpha value is -2.34. The highest BCUT2D eigenvalue weighted by molar-refractivity contribution is 5.27. The fourth-order valence-corrected chi connectivity index (χ4v) is 3.58. The minimum atomic E-state index is 0.613. The van der Waals surface area contributed by atoms with Gasteiger partial charge in [0.05, 0.1) is 0 Å². The van der Waals surface area contributed by atoms with Gasteiger partial charge < -0.3 is 0 Å². The Kier molecular flexibility index (Phi) is 6.66. The fourth-order valence-electron chi connectivity index (χ4n) is 3.58. The van der Waals surface area contributed by atoms with Crippen molar-refractivity contribution in [3.63, 3.8) is 0 Å². The van der Waals surface area contributed by atoms with Crippen LogP contribution in [0.5, 0.6) is 0 Å². The van der Waals surface area contributed by atoms with Crippen LogP contribution in [-0.4, -0.2) is 0 Å². The van der Waals surface area contributed by atoms with Crippen molar-refractivity contribution in [1.29, 1.82) is 0 Å². The lowest BCUT2D eigenvalue weighted by Crippen LogP contribution is -2.04. The Balaban J connectivity index is 1.70. The molecule has 0 heterocycles. The summed E-state index contributed by atoms with van der Waals surface area (Å²) in [5.74, 6) is 0.613. The summed E-state index contributed by atoms with van der Waals surface area (Å²) < 4.78 is 0. The van der Waals surface area contributed by atoms with E-state index >= 15 is 0 Å². The van der Waals surface area contributed by atoms with Crippen LogP contribution in [0.15, 0.2) is 78.9 Å². The summed E-state index contributed by atoms with van der Waals surface area (Å²) in [6.45, 7) is 4.38. The van der Waals surface area contributed by atoms with Gasteiger partial charge in [-0.2, -0.15) is 0 Å². The average Bonchev–Trinajstić information content (AvgIpc) is 2.70. The van der Waals surface area contributed by atoms with Gasteiger partial charge in [0.2, 0.25) is 0 Å². The highest BCUT2D eigenvalue weighted by atomic mass is 14.2. The number of hydrogen-bond acceptors (Lipinski definition) is 0. The molecule has 0 nitrogen and oxygen atoms in total.